The first kappa shape index (κ1) is 19.3. The van der Waals surface area contributed by atoms with Crippen LogP contribution in [0.15, 0.2) is 121 Å². The average molecular weight is 424 g/mol. The SMILES string of the molecule is O=Cc1ccc(-n2c3ccc(-c4ccccc4)cc3c3cc(-c4ccccc4)ccc32)cc1. The van der Waals surface area contributed by atoms with E-state index in [-0.39, 0.29) is 0 Å². The third kappa shape index (κ3) is 3.33. The molecule has 0 atom stereocenters. The number of aldehydes is 1. The highest BCUT2D eigenvalue weighted by molar-refractivity contribution is 6.11. The van der Waals surface area contributed by atoms with E-state index in [0.29, 0.717) is 5.56 Å². The van der Waals surface area contributed by atoms with Gasteiger partial charge in [-0.25, -0.2) is 0 Å². The van der Waals surface area contributed by atoms with Gasteiger partial charge < -0.3 is 4.57 Å². The first-order valence-corrected chi connectivity index (χ1v) is 11.1. The fourth-order valence-corrected chi connectivity index (χ4v) is 4.62. The molecule has 1 aromatic heterocycles. The predicted octanol–water partition coefficient (Wildman–Crippen LogP) is 7.93. The Labute approximate surface area is 192 Å². The molecule has 0 aliphatic rings. The van der Waals surface area contributed by atoms with Crippen molar-refractivity contribution in [3.63, 3.8) is 0 Å². The van der Waals surface area contributed by atoms with Crippen LogP contribution >= 0.6 is 0 Å². The van der Waals surface area contributed by atoms with Crippen LogP contribution in [-0.4, -0.2) is 10.9 Å². The van der Waals surface area contributed by atoms with Crippen LogP contribution in [0.1, 0.15) is 10.4 Å². The number of rotatable bonds is 4. The molecule has 0 unspecified atom stereocenters. The third-order valence-electron chi connectivity index (χ3n) is 6.27. The van der Waals surface area contributed by atoms with Gasteiger partial charge >= 0.3 is 0 Å². The number of benzene rings is 5. The van der Waals surface area contributed by atoms with Crippen molar-refractivity contribution in [3.05, 3.63) is 127 Å². The molecule has 0 radical (unpaired) electrons. The standard InChI is InChI=1S/C31H21NO/c33-21-22-11-15-27(16-12-22)32-30-17-13-25(23-7-3-1-4-8-23)19-28(30)29-20-26(14-18-31(29)32)24-9-5-2-6-10-24/h1-21H. The molecule has 0 bridgehead atoms. The third-order valence-corrected chi connectivity index (χ3v) is 6.27. The maximum Gasteiger partial charge on any atom is 0.150 e. The van der Waals surface area contributed by atoms with Crippen molar-refractivity contribution in [2.24, 2.45) is 0 Å². The fourth-order valence-electron chi connectivity index (χ4n) is 4.62. The topological polar surface area (TPSA) is 22.0 Å². The summed E-state index contributed by atoms with van der Waals surface area (Å²) in [7, 11) is 0. The molecule has 6 rings (SSSR count). The number of hydrogen-bond acceptors (Lipinski definition) is 1. The molecule has 0 amide bonds. The van der Waals surface area contributed by atoms with Gasteiger partial charge in [-0.05, 0) is 70.8 Å². The van der Waals surface area contributed by atoms with Crippen LogP contribution in [0.2, 0.25) is 0 Å². The summed E-state index contributed by atoms with van der Waals surface area (Å²) in [5.41, 5.74) is 8.82. The maximum absolute atomic E-state index is 11.2. The monoisotopic (exact) mass is 423 g/mol. The Balaban J connectivity index is 1.65. The Morgan fingerprint density at radius 3 is 1.42 bits per heavy atom. The zero-order valence-electron chi connectivity index (χ0n) is 18.0. The normalized spacial score (nSPS) is 11.2. The molecule has 0 aliphatic carbocycles. The van der Waals surface area contributed by atoms with Crippen LogP contribution in [-0.2, 0) is 0 Å². The Morgan fingerprint density at radius 2 is 0.970 bits per heavy atom. The molecular weight excluding hydrogens is 402 g/mol. The number of fused-ring (bicyclic) bond motifs is 3. The molecule has 0 saturated carbocycles. The molecule has 2 nitrogen and oxygen atoms in total. The van der Waals surface area contributed by atoms with E-state index in [1.807, 2.05) is 36.4 Å². The van der Waals surface area contributed by atoms with Gasteiger partial charge in [0.1, 0.15) is 6.29 Å². The Morgan fingerprint density at radius 1 is 0.485 bits per heavy atom. The number of hydrogen-bond donors (Lipinski definition) is 0. The highest BCUT2D eigenvalue weighted by Gasteiger charge is 2.14. The van der Waals surface area contributed by atoms with Crippen LogP contribution in [0.5, 0.6) is 0 Å². The molecule has 0 saturated heterocycles. The van der Waals surface area contributed by atoms with E-state index in [1.54, 1.807) is 0 Å². The number of carbonyl (C=O) groups is 1. The molecule has 2 heteroatoms. The van der Waals surface area contributed by atoms with Gasteiger partial charge in [-0.3, -0.25) is 4.79 Å². The van der Waals surface area contributed by atoms with Crippen molar-refractivity contribution in [2.75, 3.05) is 0 Å². The second kappa shape index (κ2) is 7.92. The largest absolute Gasteiger partial charge is 0.309 e. The lowest BCUT2D eigenvalue weighted by molar-refractivity contribution is 0.112. The minimum Gasteiger partial charge on any atom is -0.309 e. The summed E-state index contributed by atoms with van der Waals surface area (Å²) in [5.74, 6) is 0. The van der Waals surface area contributed by atoms with Crippen molar-refractivity contribution in [2.45, 2.75) is 0 Å². The van der Waals surface area contributed by atoms with Crippen molar-refractivity contribution >= 4 is 28.1 Å². The first-order chi connectivity index (χ1) is 16.3. The lowest BCUT2D eigenvalue weighted by Gasteiger charge is -2.09. The van der Waals surface area contributed by atoms with E-state index in [2.05, 4.69) is 89.5 Å². The highest BCUT2D eigenvalue weighted by Crippen LogP contribution is 2.37. The second-order valence-electron chi connectivity index (χ2n) is 8.24. The number of aromatic nitrogens is 1. The van der Waals surface area contributed by atoms with Crippen LogP contribution in [0.3, 0.4) is 0 Å². The zero-order chi connectivity index (χ0) is 22.2. The molecular formula is C31H21NO. The predicted molar refractivity (Wildman–Crippen MR) is 137 cm³/mol. The van der Waals surface area contributed by atoms with E-state index < -0.39 is 0 Å². The molecule has 156 valence electrons. The van der Waals surface area contributed by atoms with Gasteiger partial charge in [0, 0.05) is 22.0 Å². The minimum atomic E-state index is 0.678. The summed E-state index contributed by atoms with van der Waals surface area (Å²) >= 11 is 0. The molecule has 0 N–H and O–H groups in total. The van der Waals surface area contributed by atoms with Gasteiger partial charge in [-0.1, -0.05) is 72.8 Å². The van der Waals surface area contributed by atoms with E-state index >= 15 is 0 Å². The summed E-state index contributed by atoms with van der Waals surface area (Å²) < 4.78 is 2.28. The van der Waals surface area contributed by atoms with Gasteiger partial charge in [0.25, 0.3) is 0 Å². The summed E-state index contributed by atoms with van der Waals surface area (Å²) in [6, 6.07) is 42.1. The lowest BCUT2D eigenvalue weighted by atomic mass is 10.0. The summed E-state index contributed by atoms with van der Waals surface area (Å²) in [6.45, 7) is 0. The van der Waals surface area contributed by atoms with Gasteiger partial charge in [-0.15, -0.1) is 0 Å². The van der Waals surface area contributed by atoms with E-state index in [9.17, 15) is 4.79 Å². The Bertz CT molecular complexity index is 1500. The number of nitrogens with zero attached hydrogens (tertiary/aromatic N) is 1. The van der Waals surface area contributed by atoms with E-state index in [0.717, 1.165) is 23.0 Å². The summed E-state index contributed by atoms with van der Waals surface area (Å²) in [4.78, 5) is 11.2. The van der Waals surface area contributed by atoms with Crippen molar-refractivity contribution in [3.8, 4) is 27.9 Å². The maximum atomic E-state index is 11.2. The molecule has 1 heterocycles. The van der Waals surface area contributed by atoms with Gasteiger partial charge in [0.05, 0.1) is 11.0 Å². The summed E-state index contributed by atoms with van der Waals surface area (Å²) in [6.07, 6.45) is 0.883. The molecule has 0 spiro atoms. The molecule has 5 aromatic carbocycles. The summed E-state index contributed by atoms with van der Waals surface area (Å²) in [5, 5.41) is 2.42. The molecule has 0 aliphatic heterocycles. The first-order valence-electron chi connectivity index (χ1n) is 11.1. The molecule has 6 aromatic rings. The van der Waals surface area contributed by atoms with Crippen LogP contribution in [0.4, 0.5) is 0 Å². The Hall–Kier alpha value is -4.43. The quantitative estimate of drug-likeness (QED) is 0.264. The van der Waals surface area contributed by atoms with Gasteiger partial charge in [-0.2, -0.15) is 0 Å². The lowest BCUT2D eigenvalue weighted by Crippen LogP contribution is -1.94. The smallest absolute Gasteiger partial charge is 0.150 e. The van der Waals surface area contributed by atoms with Crippen LogP contribution < -0.4 is 0 Å². The van der Waals surface area contributed by atoms with Crippen LogP contribution in [0, 0.1) is 0 Å². The Kier molecular flexibility index (Phi) is 4.63. The number of carbonyl (C=O) groups excluding carboxylic acids is 1. The average Bonchev–Trinajstić information content (AvgIpc) is 3.23. The van der Waals surface area contributed by atoms with Crippen LogP contribution in [0.25, 0.3) is 49.7 Å². The highest BCUT2D eigenvalue weighted by atomic mass is 16.1. The minimum absolute atomic E-state index is 0.678. The fraction of sp³-hybridized carbons (Fsp3) is 0. The van der Waals surface area contributed by atoms with Crippen molar-refractivity contribution in [1.29, 1.82) is 0 Å². The van der Waals surface area contributed by atoms with E-state index in [1.165, 1.54) is 33.0 Å². The second-order valence-corrected chi connectivity index (χ2v) is 8.24. The zero-order valence-corrected chi connectivity index (χ0v) is 18.0. The van der Waals surface area contributed by atoms with Gasteiger partial charge in [0.2, 0.25) is 0 Å². The van der Waals surface area contributed by atoms with Crippen molar-refractivity contribution in [1.82, 2.24) is 4.57 Å². The van der Waals surface area contributed by atoms with Gasteiger partial charge in [0.15, 0.2) is 0 Å². The van der Waals surface area contributed by atoms with E-state index in [4.69, 9.17) is 0 Å². The molecule has 0 fully saturated rings. The van der Waals surface area contributed by atoms with Crippen molar-refractivity contribution < 1.29 is 4.79 Å². The molecule has 33 heavy (non-hydrogen) atoms.